The normalized spacial score (nSPS) is 18.9. The van der Waals surface area contributed by atoms with E-state index in [9.17, 15) is 14.7 Å². The minimum atomic E-state index is -1.40. The summed E-state index contributed by atoms with van der Waals surface area (Å²) in [6, 6.07) is 0.449. The van der Waals surface area contributed by atoms with Crippen molar-refractivity contribution < 1.29 is 19.8 Å². The fraction of sp³-hybridized carbons (Fsp3) is 0.800. The average molecular weight is 230 g/mol. The number of carbonyl (C=O) groups is 2. The Labute approximate surface area is 94.0 Å². The zero-order chi connectivity index (χ0) is 12.2. The number of hydrogen-bond acceptors (Lipinski definition) is 4. The lowest BCUT2D eigenvalue weighted by atomic mass is 10.0. The molecular weight excluding hydrogens is 212 g/mol. The van der Waals surface area contributed by atoms with Gasteiger partial charge < -0.3 is 20.8 Å². The molecule has 1 unspecified atom stereocenters. The van der Waals surface area contributed by atoms with Gasteiger partial charge in [0, 0.05) is 12.6 Å². The third-order valence-corrected chi connectivity index (χ3v) is 2.33. The molecule has 0 aliphatic heterocycles. The molecule has 6 nitrogen and oxygen atoms in total. The molecule has 0 aromatic carbocycles. The molecule has 0 spiro atoms. The van der Waals surface area contributed by atoms with Gasteiger partial charge in [-0.2, -0.15) is 0 Å². The topological polar surface area (TPSA) is 98.7 Å². The Morgan fingerprint density at radius 3 is 2.56 bits per heavy atom. The molecule has 16 heavy (non-hydrogen) atoms. The van der Waals surface area contributed by atoms with E-state index in [0.29, 0.717) is 6.04 Å². The van der Waals surface area contributed by atoms with E-state index >= 15 is 0 Å². The van der Waals surface area contributed by atoms with Crippen molar-refractivity contribution in [3.63, 3.8) is 0 Å². The van der Waals surface area contributed by atoms with E-state index in [0.717, 1.165) is 12.8 Å². The van der Waals surface area contributed by atoms with Crippen LogP contribution in [0, 0.1) is 0 Å². The molecule has 0 heterocycles. The second-order valence-corrected chi connectivity index (χ2v) is 4.50. The smallest absolute Gasteiger partial charge is 0.306 e. The lowest BCUT2D eigenvalue weighted by Crippen LogP contribution is -2.44. The summed E-state index contributed by atoms with van der Waals surface area (Å²) in [5, 5.41) is 23.6. The van der Waals surface area contributed by atoms with Crippen molar-refractivity contribution in [1.29, 1.82) is 0 Å². The minimum absolute atomic E-state index is 0.0511. The van der Waals surface area contributed by atoms with E-state index in [-0.39, 0.29) is 25.4 Å². The molecule has 1 amide bonds. The van der Waals surface area contributed by atoms with Crippen LogP contribution >= 0.6 is 0 Å². The summed E-state index contributed by atoms with van der Waals surface area (Å²) >= 11 is 0. The van der Waals surface area contributed by atoms with Crippen LogP contribution in [0.3, 0.4) is 0 Å². The van der Waals surface area contributed by atoms with Crippen LogP contribution in [0.15, 0.2) is 0 Å². The Hall–Kier alpha value is -1.14. The highest BCUT2D eigenvalue weighted by atomic mass is 16.4. The van der Waals surface area contributed by atoms with Gasteiger partial charge in [0.15, 0.2) is 0 Å². The van der Waals surface area contributed by atoms with Crippen LogP contribution in [0.5, 0.6) is 0 Å². The van der Waals surface area contributed by atoms with Gasteiger partial charge in [-0.05, 0) is 19.8 Å². The van der Waals surface area contributed by atoms with Crippen LogP contribution in [0.2, 0.25) is 0 Å². The molecule has 0 radical (unpaired) electrons. The van der Waals surface area contributed by atoms with Crippen molar-refractivity contribution in [1.82, 2.24) is 10.6 Å². The standard InChI is InChI=1S/C10H18N2O4/c1-10(16,4-9(14)15)6-12-8(13)5-11-7-2-3-7/h7,11,16H,2-6H2,1H3,(H,12,13)(H,14,15). The van der Waals surface area contributed by atoms with Crippen LogP contribution in [0.25, 0.3) is 0 Å². The van der Waals surface area contributed by atoms with Gasteiger partial charge in [0.1, 0.15) is 0 Å². The van der Waals surface area contributed by atoms with Crippen molar-refractivity contribution >= 4 is 11.9 Å². The maximum atomic E-state index is 11.3. The lowest BCUT2D eigenvalue weighted by Gasteiger charge is -2.21. The van der Waals surface area contributed by atoms with Crippen molar-refractivity contribution in [3.8, 4) is 0 Å². The minimum Gasteiger partial charge on any atom is -0.481 e. The molecule has 1 aliphatic rings. The van der Waals surface area contributed by atoms with E-state index in [2.05, 4.69) is 10.6 Å². The first kappa shape index (κ1) is 12.9. The van der Waals surface area contributed by atoms with Crippen molar-refractivity contribution in [3.05, 3.63) is 0 Å². The molecule has 0 bridgehead atoms. The molecule has 1 saturated carbocycles. The van der Waals surface area contributed by atoms with Gasteiger partial charge in [0.2, 0.25) is 5.91 Å². The molecule has 0 aromatic heterocycles. The van der Waals surface area contributed by atoms with Gasteiger partial charge in [-0.15, -0.1) is 0 Å². The molecule has 0 aromatic rings. The Kier molecular flexibility index (Phi) is 4.26. The van der Waals surface area contributed by atoms with E-state index in [4.69, 9.17) is 5.11 Å². The first-order valence-electron chi connectivity index (χ1n) is 5.33. The second kappa shape index (κ2) is 5.27. The third kappa shape index (κ3) is 5.67. The van der Waals surface area contributed by atoms with Crippen LogP contribution in [0.1, 0.15) is 26.2 Å². The summed E-state index contributed by atoms with van der Waals surface area (Å²) in [7, 11) is 0. The molecule has 1 rings (SSSR count). The van der Waals surface area contributed by atoms with Gasteiger partial charge in [0.05, 0.1) is 18.6 Å². The highest BCUT2D eigenvalue weighted by Crippen LogP contribution is 2.17. The Morgan fingerprint density at radius 1 is 1.44 bits per heavy atom. The number of carbonyl (C=O) groups excluding carboxylic acids is 1. The first-order chi connectivity index (χ1) is 7.39. The predicted molar refractivity (Wildman–Crippen MR) is 56.9 cm³/mol. The maximum absolute atomic E-state index is 11.3. The zero-order valence-electron chi connectivity index (χ0n) is 9.32. The number of carboxylic acids is 1. The highest BCUT2D eigenvalue weighted by molar-refractivity contribution is 5.78. The zero-order valence-corrected chi connectivity index (χ0v) is 9.32. The number of aliphatic hydroxyl groups is 1. The Balaban J connectivity index is 2.15. The van der Waals surface area contributed by atoms with Crippen LogP contribution in [-0.4, -0.2) is 46.8 Å². The van der Waals surface area contributed by atoms with Gasteiger partial charge >= 0.3 is 5.97 Å². The SMILES string of the molecule is CC(O)(CNC(=O)CNC1CC1)CC(=O)O. The Morgan fingerprint density at radius 2 is 2.06 bits per heavy atom. The highest BCUT2D eigenvalue weighted by Gasteiger charge is 2.25. The number of amides is 1. The van der Waals surface area contributed by atoms with Gasteiger partial charge in [0.25, 0.3) is 0 Å². The molecule has 0 saturated heterocycles. The number of nitrogens with one attached hydrogen (secondary N) is 2. The summed E-state index contributed by atoms with van der Waals surface area (Å²) in [4.78, 5) is 21.7. The monoisotopic (exact) mass is 230 g/mol. The maximum Gasteiger partial charge on any atom is 0.306 e. The molecule has 1 aliphatic carbocycles. The summed E-state index contributed by atoms with van der Waals surface area (Å²) in [5.41, 5.74) is -1.40. The number of hydrogen-bond donors (Lipinski definition) is 4. The summed E-state index contributed by atoms with van der Waals surface area (Å²) < 4.78 is 0. The largest absolute Gasteiger partial charge is 0.481 e. The molecule has 1 atom stereocenters. The van der Waals surface area contributed by atoms with Crippen molar-refractivity contribution in [2.24, 2.45) is 0 Å². The molecule has 6 heteroatoms. The van der Waals surface area contributed by atoms with E-state index < -0.39 is 11.6 Å². The third-order valence-electron chi connectivity index (χ3n) is 2.33. The fourth-order valence-corrected chi connectivity index (χ4v) is 1.26. The molecule has 1 fully saturated rings. The van der Waals surface area contributed by atoms with E-state index in [1.54, 1.807) is 0 Å². The van der Waals surface area contributed by atoms with E-state index in [1.807, 2.05) is 0 Å². The van der Waals surface area contributed by atoms with E-state index in [1.165, 1.54) is 6.92 Å². The van der Waals surface area contributed by atoms with Gasteiger partial charge in [-0.1, -0.05) is 0 Å². The first-order valence-corrected chi connectivity index (χ1v) is 5.33. The number of rotatable bonds is 7. The quantitative estimate of drug-likeness (QED) is 0.453. The van der Waals surface area contributed by atoms with Crippen LogP contribution in [0.4, 0.5) is 0 Å². The number of aliphatic carboxylic acids is 1. The summed E-state index contributed by atoms with van der Waals surface area (Å²) in [5.74, 6) is -1.31. The second-order valence-electron chi connectivity index (χ2n) is 4.50. The fourth-order valence-electron chi connectivity index (χ4n) is 1.26. The molecular formula is C10H18N2O4. The van der Waals surface area contributed by atoms with Crippen molar-refractivity contribution in [2.45, 2.75) is 37.8 Å². The van der Waals surface area contributed by atoms with Gasteiger partial charge in [-0.3, -0.25) is 9.59 Å². The van der Waals surface area contributed by atoms with Crippen LogP contribution < -0.4 is 10.6 Å². The average Bonchev–Trinajstić information content (AvgIpc) is 2.93. The summed E-state index contributed by atoms with van der Waals surface area (Å²) in [6.07, 6.45) is 1.82. The van der Waals surface area contributed by atoms with Gasteiger partial charge in [-0.25, -0.2) is 0 Å². The van der Waals surface area contributed by atoms with Crippen LogP contribution in [-0.2, 0) is 9.59 Å². The Bertz CT molecular complexity index is 274. The number of carboxylic acid groups (broad SMARTS) is 1. The van der Waals surface area contributed by atoms with Crippen molar-refractivity contribution in [2.75, 3.05) is 13.1 Å². The lowest BCUT2D eigenvalue weighted by molar-refractivity contribution is -0.142. The predicted octanol–water partition coefficient (Wildman–Crippen LogP) is -0.920. The molecule has 4 N–H and O–H groups in total. The summed E-state index contributed by atoms with van der Waals surface area (Å²) in [6.45, 7) is 1.55. The molecule has 92 valence electrons.